The average Bonchev–Trinajstić information content (AvgIpc) is 2.84. The van der Waals surface area contributed by atoms with Crippen LogP contribution in [0.2, 0.25) is 0 Å². The fourth-order valence-electron chi connectivity index (χ4n) is 2.17. The standard InChI is InChI=1S/C16H15NS/c1-13(11-14-7-3-2-4-8-14)17-12-18-16-10-6-5-9-15(16)17/h2-11H,12H2,1H3. The first-order valence-corrected chi connectivity index (χ1v) is 7.06. The van der Waals surface area contributed by atoms with Gasteiger partial charge >= 0.3 is 0 Å². The lowest BCUT2D eigenvalue weighted by atomic mass is 10.2. The topological polar surface area (TPSA) is 3.24 Å². The van der Waals surface area contributed by atoms with Crippen LogP contribution < -0.4 is 4.90 Å². The van der Waals surface area contributed by atoms with Crippen LogP contribution in [0.25, 0.3) is 6.08 Å². The normalized spacial score (nSPS) is 14.7. The molecular formula is C16H15NS. The van der Waals surface area contributed by atoms with Crippen molar-refractivity contribution >= 4 is 23.5 Å². The molecule has 0 bridgehead atoms. The first-order valence-electron chi connectivity index (χ1n) is 6.07. The summed E-state index contributed by atoms with van der Waals surface area (Å²) in [6, 6.07) is 19.1. The zero-order chi connectivity index (χ0) is 12.4. The summed E-state index contributed by atoms with van der Waals surface area (Å²) in [5, 5.41) is 0. The number of para-hydroxylation sites is 1. The molecule has 0 amide bonds. The predicted octanol–water partition coefficient (Wildman–Crippen LogP) is 4.62. The Hall–Kier alpha value is -1.67. The number of fused-ring (bicyclic) bond motifs is 1. The van der Waals surface area contributed by atoms with E-state index in [1.807, 2.05) is 17.8 Å². The Kier molecular flexibility index (Phi) is 3.11. The fourth-order valence-corrected chi connectivity index (χ4v) is 3.28. The Balaban J connectivity index is 1.91. The van der Waals surface area contributed by atoms with E-state index in [4.69, 9.17) is 0 Å². The highest BCUT2D eigenvalue weighted by Crippen LogP contribution is 2.40. The van der Waals surface area contributed by atoms with E-state index >= 15 is 0 Å². The second kappa shape index (κ2) is 4.91. The number of hydrogen-bond acceptors (Lipinski definition) is 2. The van der Waals surface area contributed by atoms with Crippen LogP contribution >= 0.6 is 11.8 Å². The molecule has 18 heavy (non-hydrogen) atoms. The van der Waals surface area contributed by atoms with Crippen LogP contribution in [0.3, 0.4) is 0 Å². The molecule has 2 heteroatoms. The van der Waals surface area contributed by atoms with Crippen molar-refractivity contribution in [2.45, 2.75) is 11.8 Å². The van der Waals surface area contributed by atoms with Crippen molar-refractivity contribution in [2.24, 2.45) is 0 Å². The van der Waals surface area contributed by atoms with Gasteiger partial charge in [-0.2, -0.15) is 0 Å². The molecule has 0 radical (unpaired) electrons. The van der Waals surface area contributed by atoms with E-state index in [2.05, 4.69) is 66.4 Å². The van der Waals surface area contributed by atoms with Crippen molar-refractivity contribution in [1.82, 2.24) is 0 Å². The average molecular weight is 253 g/mol. The minimum absolute atomic E-state index is 1.01. The molecule has 0 spiro atoms. The van der Waals surface area contributed by atoms with Gasteiger partial charge in [0.05, 0.1) is 11.6 Å². The first-order chi connectivity index (χ1) is 8.84. The summed E-state index contributed by atoms with van der Waals surface area (Å²) in [6.07, 6.45) is 2.24. The van der Waals surface area contributed by atoms with Crippen molar-refractivity contribution in [1.29, 1.82) is 0 Å². The molecule has 3 rings (SSSR count). The van der Waals surface area contributed by atoms with Gasteiger partial charge in [-0.25, -0.2) is 0 Å². The molecule has 1 aliphatic heterocycles. The van der Waals surface area contributed by atoms with E-state index in [9.17, 15) is 0 Å². The largest absolute Gasteiger partial charge is 0.334 e. The van der Waals surface area contributed by atoms with E-state index < -0.39 is 0 Å². The van der Waals surface area contributed by atoms with Gasteiger partial charge in [0, 0.05) is 10.6 Å². The molecule has 0 fully saturated rings. The molecule has 0 unspecified atom stereocenters. The molecule has 90 valence electrons. The van der Waals surface area contributed by atoms with E-state index in [1.165, 1.54) is 21.8 Å². The molecule has 0 aliphatic carbocycles. The Morgan fingerprint density at radius 3 is 2.61 bits per heavy atom. The number of nitrogens with zero attached hydrogens (tertiary/aromatic N) is 1. The van der Waals surface area contributed by atoms with Crippen LogP contribution in [0.15, 0.2) is 65.2 Å². The van der Waals surface area contributed by atoms with Gasteiger partial charge in [-0.1, -0.05) is 42.5 Å². The lowest BCUT2D eigenvalue weighted by Crippen LogP contribution is -2.15. The van der Waals surface area contributed by atoms with Crippen LogP contribution in [0.1, 0.15) is 12.5 Å². The van der Waals surface area contributed by atoms with Gasteiger partial charge in [0.15, 0.2) is 0 Å². The molecule has 0 N–H and O–H groups in total. The Morgan fingerprint density at radius 2 is 1.78 bits per heavy atom. The molecule has 2 aromatic carbocycles. The number of benzene rings is 2. The van der Waals surface area contributed by atoms with Crippen molar-refractivity contribution in [2.75, 3.05) is 10.8 Å². The van der Waals surface area contributed by atoms with Crippen molar-refractivity contribution < 1.29 is 0 Å². The van der Waals surface area contributed by atoms with Gasteiger partial charge in [-0.3, -0.25) is 0 Å². The molecule has 0 aromatic heterocycles. The quantitative estimate of drug-likeness (QED) is 0.768. The van der Waals surface area contributed by atoms with Crippen molar-refractivity contribution in [3.8, 4) is 0 Å². The third-order valence-electron chi connectivity index (χ3n) is 3.11. The second-order valence-electron chi connectivity index (χ2n) is 4.37. The molecule has 1 heterocycles. The van der Waals surface area contributed by atoms with Crippen LogP contribution in [-0.2, 0) is 0 Å². The van der Waals surface area contributed by atoms with Gasteiger partial charge in [-0.05, 0) is 30.7 Å². The van der Waals surface area contributed by atoms with Gasteiger partial charge in [0.1, 0.15) is 0 Å². The van der Waals surface area contributed by atoms with Gasteiger partial charge in [0.25, 0.3) is 0 Å². The third kappa shape index (κ3) is 2.16. The lowest BCUT2D eigenvalue weighted by molar-refractivity contribution is 1.08. The number of anilines is 1. The molecule has 0 saturated carbocycles. The van der Waals surface area contributed by atoms with Crippen LogP contribution in [0.5, 0.6) is 0 Å². The second-order valence-corrected chi connectivity index (χ2v) is 5.35. The summed E-state index contributed by atoms with van der Waals surface area (Å²) in [6.45, 7) is 2.18. The van der Waals surface area contributed by atoms with Crippen LogP contribution in [-0.4, -0.2) is 5.88 Å². The zero-order valence-corrected chi connectivity index (χ0v) is 11.2. The number of thioether (sulfide) groups is 1. The highest BCUT2D eigenvalue weighted by Gasteiger charge is 2.19. The molecule has 2 aromatic rings. The Bertz CT molecular complexity index is 575. The van der Waals surface area contributed by atoms with E-state index in [0.717, 1.165) is 5.88 Å². The summed E-state index contributed by atoms with van der Waals surface area (Å²) in [7, 11) is 0. The first kappa shape index (κ1) is 11.4. The summed E-state index contributed by atoms with van der Waals surface area (Å²) in [4.78, 5) is 3.74. The molecule has 0 atom stereocenters. The van der Waals surface area contributed by atoms with Gasteiger partial charge in [-0.15, -0.1) is 11.8 Å². The third-order valence-corrected chi connectivity index (χ3v) is 4.15. The fraction of sp³-hybridized carbons (Fsp3) is 0.125. The van der Waals surface area contributed by atoms with E-state index in [0.29, 0.717) is 0 Å². The highest BCUT2D eigenvalue weighted by atomic mass is 32.2. The van der Waals surface area contributed by atoms with Crippen LogP contribution in [0, 0.1) is 0 Å². The van der Waals surface area contributed by atoms with E-state index in [1.54, 1.807) is 0 Å². The van der Waals surface area contributed by atoms with Crippen LogP contribution in [0.4, 0.5) is 5.69 Å². The minimum atomic E-state index is 1.01. The maximum absolute atomic E-state index is 2.37. The molecular weight excluding hydrogens is 238 g/mol. The predicted molar refractivity (Wildman–Crippen MR) is 79.7 cm³/mol. The Morgan fingerprint density at radius 1 is 1.06 bits per heavy atom. The molecule has 0 saturated heterocycles. The van der Waals surface area contributed by atoms with Gasteiger partial charge < -0.3 is 4.90 Å². The zero-order valence-electron chi connectivity index (χ0n) is 10.3. The number of hydrogen-bond donors (Lipinski definition) is 0. The monoisotopic (exact) mass is 253 g/mol. The summed E-state index contributed by atoms with van der Waals surface area (Å²) in [5.74, 6) is 1.01. The smallest absolute Gasteiger partial charge is 0.0732 e. The number of allylic oxidation sites excluding steroid dienone is 1. The van der Waals surface area contributed by atoms with Gasteiger partial charge in [0.2, 0.25) is 0 Å². The maximum atomic E-state index is 2.37. The summed E-state index contributed by atoms with van der Waals surface area (Å²) in [5.41, 5.74) is 3.87. The lowest BCUT2D eigenvalue weighted by Gasteiger charge is -2.19. The molecule has 1 aliphatic rings. The summed E-state index contributed by atoms with van der Waals surface area (Å²) >= 11 is 1.90. The maximum Gasteiger partial charge on any atom is 0.0732 e. The SMILES string of the molecule is CC(=Cc1ccccc1)N1CSc2ccccc21. The Labute approximate surface area is 112 Å². The highest BCUT2D eigenvalue weighted by molar-refractivity contribution is 7.99. The number of rotatable bonds is 2. The van der Waals surface area contributed by atoms with Crippen molar-refractivity contribution in [3.63, 3.8) is 0 Å². The van der Waals surface area contributed by atoms with Crippen molar-refractivity contribution in [3.05, 3.63) is 65.9 Å². The summed E-state index contributed by atoms with van der Waals surface area (Å²) < 4.78 is 0. The van der Waals surface area contributed by atoms with E-state index in [-0.39, 0.29) is 0 Å². The molecule has 1 nitrogen and oxygen atoms in total. The minimum Gasteiger partial charge on any atom is -0.334 e.